The molecule has 1 heterocycles. The highest BCUT2D eigenvalue weighted by atomic mass is 32.2. The van der Waals surface area contributed by atoms with Crippen molar-refractivity contribution in [1.82, 2.24) is 4.90 Å². The fourth-order valence-corrected chi connectivity index (χ4v) is 5.05. The average molecular weight is 361 g/mol. The number of hydrogen-bond acceptors (Lipinski definition) is 4. The third-order valence-corrected chi connectivity index (χ3v) is 6.29. The molecule has 134 valence electrons. The van der Waals surface area contributed by atoms with E-state index in [0.717, 1.165) is 17.2 Å². The molecule has 0 aliphatic carbocycles. The second-order valence-electron chi connectivity index (χ2n) is 6.41. The first kappa shape index (κ1) is 17.7. The molecule has 0 radical (unpaired) electrons. The normalized spacial score (nSPS) is 19.0. The summed E-state index contributed by atoms with van der Waals surface area (Å²) in [5.74, 6) is 0.737. The van der Waals surface area contributed by atoms with Crippen LogP contribution in [0.25, 0.3) is 10.8 Å². The lowest BCUT2D eigenvalue weighted by atomic mass is 10.1. The van der Waals surface area contributed by atoms with Crippen molar-refractivity contribution in [1.29, 1.82) is 0 Å². The number of ether oxygens (including phenoxy) is 1. The summed E-state index contributed by atoms with van der Waals surface area (Å²) < 4.78 is 29.2. The minimum Gasteiger partial charge on any atom is -0.483 e. The molecule has 0 N–H and O–H groups in total. The standard InChI is InChI=1S/C19H23NO4S/c1-2-11-20(16-10-12-25(22,23)14-16)19(21)13-24-18-9-5-7-15-6-3-4-8-17(15)18/h3-9,16H,2,10-14H2,1H3. The molecule has 0 aromatic heterocycles. The average Bonchev–Trinajstić information content (AvgIpc) is 2.97. The topological polar surface area (TPSA) is 63.7 Å². The molecule has 1 amide bonds. The van der Waals surface area contributed by atoms with E-state index in [0.29, 0.717) is 18.7 Å². The number of amides is 1. The van der Waals surface area contributed by atoms with Crippen LogP contribution in [0.2, 0.25) is 0 Å². The van der Waals surface area contributed by atoms with Gasteiger partial charge in [0.1, 0.15) is 5.75 Å². The molecule has 0 saturated carbocycles. The van der Waals surface area contributed by atoms with Crippen LogP contribution in [0.5, 0.6) is 5.75 Å². The molecule has 1 aliphatic heterocycles. The van der Waals surface area contributed by atoms with Gasteiger partial charge in [0.15, 0.2) is 16.4 Å². The predicted molar refractivity (Wildman–Crippen MR) is 98.5 cm³/mol. The van der Waals surface area contributed by atoms with E-state index >= 15 is 0 Å². The number of fused-ring (bicyclic) bond motifs is 1. The van der Waals surface area contributed by atoms with Gasteiger partial charge in [-0.15, -0.1) is 0 Å². The van der Waals surface area contributed by atoms with Gasteiger partial charge in [-0.05, 0) is 24.3 Å². The van der Waals surface area contributed by atoms with E-state index in [9.17, 15) is 13.2 Å². The molecule has 1 fully saturated rings. The zero-order valence-electron chi connectivity index (χ0n) is 14.3. The van der Waals surface area contributed by atoms with Gasteiger partial charge in [0.25, 0.3) is 5.91 Å². The van der Waals surface area contributed by atoms with E-state index in [2.05, 4.69) is 0 Å². The molecule has 6 heteroatoms. The molecule has 1 atom stereocenters. The Morgan fingerprint density at radius 2 is 1.96 bits per heavy atom. The summed E-state index contributed by atoms with van der Waals surface area (Å²) in [6.07, 6.45) is 1.30. The first-order valence-electron chi connectivity index (χ1n) is 8.60. The van der Waals surface area contributed by atoms with Crippen LogP contribution in [0.4, 0.5) is 0 Å². The molecule has 1 unspecified atom stereocenters. The number of carbonyl (C=O) groups excluding carboxylic acids is 1. The summed E-state index contributed by atoms with van der Waals surface area (Å²) in [5, 5.41) is 2.02. The molecule has 1 saturated heterocycles. The summed E-state index contributed by atoms with van der Waals surface area (Å²) >= 11 is 0. The number of hydrogen-bond donors (Lipinski definition) is 0. The minimum absolute atomic E-state index is 0.0625. The molecule has 5 nitrogen and oxygen atoms in total. The second-order valence-corrected chi connectivity index (χ2v) is 8.64. The number of rotatable bonds is 6. The van der Waals surface area contributed by atoms with Gasteiger partial charge in [0.05, 0.1) is 11.5 Å². The molecule has 0 spiro atoms. The lowest BCUT2D eigenvalue weighted by molar-refractivity contribution is -0.135. The Morgan fingerprint density at radius 1 is 1.20 bits per heavy atom. The van der Waals surface area contributed by atoms with Crippen molar-refractivity contribution in [3.8, 4) is 5.75 Å². The maximum Gasteiger partial charge on any atom is 0.260 e. The van der Waals surface area contributed by atoms with Crippen LogP contribution in [-0.2, 0) is 14.6 Å². The van der Waals surface area contributed by atoms with Crippen LogP contribution in [-0.4, -0.2) is 49.9 Å². The highest BCUT2D eigenvalue weighted by molar-refractivity contribution is 7.91. The third-order valence-electron chi connectivity index (χ3n) is 4.53. The molecular weight excluding hydrogens is 338 g/mol. The fraction of sp³-hybridized carbons (Fsp3) is 0.421. The van der Waals surface area contributed by atoms with Crippen molar-refractivity contribution in [2.75, 3.05) is 24.7 Å². The van der Waals surface area contributed by atoms with Crippen molar-refractivity contribution in [3.05, 3.63) is 42.5 Å². The molecule has 0 bridgehead atoms. The summed E-state index contributed by atoms with van der Waals surface area (Å²) in [5.41, 5.74) is 0. The van der Waals surface area contributed by atoms with Crippen LogP contribution < -0.4 is 4.74 Å². The van der Waals surface area contributed by atoms with E-state index in [1.165, 1.54) is 0 Å². The Bertz CT molecular complexity index is 857. The maximum absolute atomic E-state index is 12.6. The Balaban J connectivity index is 1.71. The van der Waals surface area contributed by atoms with Gasteiger partial charge >= 0.3 is 0 Å². The van der Waals surface area contributed by atoms with Crippen molar-refractivity contribution in [2.24, 2.45) is 0 Å². The van der Waals surface area contributed by atoms with Gasteiger partial charge in [0, 0.05) is 18.0 Å². The first-order chi connectivity index (χ1) is 12.0. The number of nitrogens with zero attached hydrogens (tertiary/aromatic N) is 1. The smallest absolute Gasteiger partial charge is 0.260 e. The number of benzene rings is 2. The van der Waals surface area contributed by atoms with Gasteiger partial charge in [-0.2, -0.15) is 0 Å². The Morgan fingerprint density at radius 3 is 2.68 bits per heavy atom. The molecule has 3 rings (SSSR count). The quantitative estimate of drug-likeness (QED) is 0.793. The molecule has 2 aromatic carbocycles. The van der Waals surface area contributed by atoms with Crippen LogP contribution in [0.15, 0.2) is 42.5 Å². The fourth-order valence-electron chi connectivity index (χ4n) is 3.32. The summed E-state index contributed by atoms with van der Waals surface area (Å²) in [7, 11) is -3.02. The molecular formula is C19H23NO4S. The molecule has 25 heavy (non-hydrogen) atoms. The second kappa shape index (κ2) is 7.44. The van der Waals surface area contributed by atoms with Gasteiger partial charge in [-0.25, -0.2) is 8.42 Å². The van der Waals surface area contributed by atoms with Crippen LogP contribution in [0, 0.1) is 0 Å². The van der Waals surface area contributed by atoms with Crippen molar-refractivity contribution in [3.63, 3.8) is 0 Å². The zero-order chi connectivity index (χ0) is 17.9. The Kier molecular flexibility index (Phi) is 5.27. The van der Waals surface area contributed by atoms with Gasteiger partial charge in [-0.1, -0.05) is 43.3 Å². The molecule has 1 aliphatic rings. The lowest BCUT2D eigenvalue weighted by Gasteiger charge is -2.28. The van der Waals surface area contributed by atoms with E-state index in [-0.39, 0.29) is 30.1 Å². The maximum atomic E-state index is 12.6. The van der Waals surface area contributed by atoms with Crippen molar-refractivity contribution < 1.29 is 17.9 Å². The summed E-state index contributed by atoms with van der Waals surface area (Å²) in [6, 6.07) is 13.4. The zero-order valence-corrected chi connectivity index (χ0v) is 15.2. The number of sulfone groups is 1. The molecule has 2 aromatic rings. The van der Waals surface area contributed by atoms with Gasteiger partial charge < -0.3 is 9.64 Å². The van der Waals surface area contributed by atoms with Crippen LogP contribution in [0.1, 0.15) is 19.8 Å². The number of carbonyl (C=O) groups is 1. The first-order valence-corrected chi connectivity index (χ1v) is 10.4. The Labute approximate surface area is 148 Å². The minimum atomic E-state index is -3.02. The highest BCUT2D eigenvalue weighted by Crippen LogP contribution is 2.25. The third kappa shape index (κ3) is 4.12. The highest BCUT2D eigenvalue weighted by Gasteiger charge is 2.34. The SMILES string of the molecule is CCCN(C(=O)COc1cccc2ccccc12)C1CCS(=O)(=O)C1. The monoisotopic (exact) mass is 361 g/mol. The van der Waals surface area contributed by atoms with E-state index in [1.807, 2.05) is 49.4 Å². The largest absolute Gasteiger partial charge is 0.483 e. The van der Waals surface area contributed by atoms with E-state index in [4.69, 9.17) is 4.74 Å². The van der Waals surface area contributed by atoms with Crippen LogP contribution in [0.3, 0.4) is 0 Å². The van der Waals surface area contributed by atoms with Crippen molar-refractivity contribution >= 4 is 26.5 Å². The van der Waals surface area contributed by atoms with E-state index < -0.39 is 9.84 Å². The predicted octanol–water partition coefficient (Wildman–Crippen LogP) is 2.64. The summed E-state index contributed by atoms with van der Waals surface area (Å²) in [6.45, 7) is 2.46. The Hall–Kier alpha value is -2.08. The lowest BCUT2D eigenvalue weighted by Crippen LogP contribution is -2.44. The van der Waals surface area contributed by atoms with Crippen molar-refractivity contribution in [2.45, 2.75) is 25.8 Å². The van der Waals surface area contributed by atoms with Crippen LogP contribution >= 0.6 is 0 Å². The van der Waals surface area contributed by atoms with E-state index in [1.54, 1.807) is 4.90 Å². The summed E-state index contributed by atoms with van der Waals surface area (Å²) in [4.78, 5) is 14.3. The van der Waals surface area contributed by atoms with Gasteiger partial charge in [-0.3, -0.25) is 4.79 Å². The van der Waals surface area contributed by atoms with Gasteiger partial charge in [0.2, 0.25) is 0 Å².